The van der Waals surface area contributed by atoms with Crippen molar-refractivity contribution in [3.8, 4) is 0 Å². The highest BCUT2D eigenvalue weighted by Crippen LogP contribution is 2.24. The number of nitrogens with one attached hydrogen (secondary N) is 1. The van der Waals surface area contributed by atoms with E-state index in [9.17, 15) is 0 Å². The molecule has 2 rings (SSSR count). The summed E-state index contributed by atoms with van der Waals surface area (Å²) in [5.74, 6) is 0. The molecule has 1 atom stereocenters. The third kappa shape index (κ3) is 4.86. The van der Waals surface area contributed by atoms with Gasteiger partial charge in [0.1, 0.15) is 0 Å². The van der Waals surface area contributed by atoms with Crippen molar-refractivity contribution in [3.05, 3.63) is 62.9 Å². The molecule has 0 saturated carbocycles. The molecule has 112 valence electrons. The van der Waals surface area contributed by atoms with E-state index in [2.05, 4.69) is 17.2 Å². The molecule has 1 aromatic heterocycles. The molecule has 0 aliphatic carbocycles. The molecule has 2 aromatic rings. The highest BCUT2D eigenvalue weighted by molar-refractivity contribution is 6.42. The molecule has 0 aliphatic rings. The van der Waals surface area contributed by atoms with Gasteiger partial charge in [0.05, 0.1) is 15.1 Å². The van der Waals surface area contributed by atoms with Gasteiger partial charge in [-0.2, -0.15) is 0 Å². The van der Waals surface area contributed by atoms with E-state index < -0.39 is 0 Å². The SMILES string of the molecule is CCNC(Cc1ccc(Cl)c(Cl)c1)Cc1ccncc1Cl. The summed E-state index contributed by atoms with van der Waals surface area (Å²) in [6.45, 7) is 2.99. The number of hydrogen-bond donors (Lipinski definition) is 1. The summed E-state index contributed by atoms with van der Waals surface area (Å²) in [5, 5.41) is 5.36. The summed E-state index contributed by atoms with van der Waals surface area (Å²) in [6, 6.07) is 8.00. The van der Waals surface area contributed by atoms with Crippen LogP contribution < -0.4 is 5.32 Å². The molecule has 0 amide bonds. The lowest BCUT2D eigenvalue weighted by Gasteiger charge is -2.19. The minimum atomic E-state index is 0.284. The van der Waals surface area contributed by atoms with Crippen molar-refractivity contribution >= 4 is 34.8 Å². The molecule has 0 bridgehead atoms. The Morgan fingerprint density at radius 3 is 2.52 bits per heavy atom. The maximum atomic E-state index is 6.19. The van der Waals surface area contributed by atoms with Gasteiger partial charge in [0.15, 0.2) is 0 Å². The van der Waals surface area contributed by atoms with Crippen LogP contribution in [0.15, 0.2) is 36.7 Å². The van der Waals surface area contributed by atoms with Crippen LogP contribution in [0.1, 0.15) is 18.1 Å². The summed E-state index contributed by atoms with van der Waals surface area (Å²) in [5.41, 5.74) is 2.25. The number of hydrogen-bond acceptors (Lipinski definition) is 2. The van der Waals surface area contributed by atoms with Crippen LogP contribution in [0.5, 0.6) is 0 Å². The summed E-state index contributed by atoms with van der Waals surface area (Å²) in [7, 11) is 0. The lowest BCUT2D eigenvalue weighted by atomic mass is 9.99. The Balaban J connectivity index is 2.11. The first-order chi connectivity index (χ1) is 10.1. The van der Waals surface area contributed by atoms with Gasteiger partial charge in [-0.25, -0.2) is 0 Å². The summed E-state index contributed by atoms with van der Waals surface area (Å²) < 4.78 is 0. The predicted octanol–water partition coefficient (Wildman–Crippen LogP) is 4.81. The van der Waals surface area contributed by atoms with Crippen molar-refractivity contribution in [1.82, 2.24) is 10.3 Å². The second kappa shape index (κ2) is 8.00. The molecule has 1 aromatic carbocycles. The first kappa shape index (κ1) is 16.6. The van der Waals surface area contributed by atoms with E-state index in [-0.39, 0.29) is 6.04 Å². The Bertz CT molecular complexity index is 602. The fraction of sp³-hybridized carbons (Fsp3) is 0.312. The third-order valence-electron chi connectivity index (χ3n) is 3.28. The first-order valence-corrected chi connectivity index (χ1v) is 7.99. The molecule has 0 spiro atoms. The van der Waals surface area contributed by atoms with Crippen molar-refractivity contribution in [2.45, 2.75) is 25.8 Å². The van der Waals surface area contributed by atoms with E-state index in [1.165, 1.54) is 0 Å². The van der Waals surface area contributed by atoms with Crippen LogP contribution in [0.4, 0.5) is 0 Å². The molecule has 1 unspecified atom stereocenters. The standard InChI is InChI=1S/C16H17Cl3N2/c1-2-21-13(9-12-5-6-20-10-16(12)19)7-11-3-4-14(17)15(18)8-11/h3-6,8,10,13,21H,2,7,9H2,1H3. The van der Waals surface area contributed by atoms with Crippen LogP contribution >= 0.6 is 34.8 Å². The Morgan fingerprint density at radius 1 is 1.05 bits per heavy atom. The zero-order valence-electron chi connectivity index (χ0n) is 11.7. The van der Waals surface area contributed by atoms with E-state index in [4.69, 9.17) is 34.8 Å². The average molecular weight is 344 g/mol. The Kier molecular flexibility index (Phi) is 6.31. The summed E-state index contributed by atoms with van der Waals surface area (Å²) >= 11 is 18.2. The molecule has 0 saturated heterocycles. The quantitative estimate of drug-likeness (QED) is 0.814. The van der Waals surface area contributed by atoms with Crippen LogP contribution in [-0.2, 0) is 12.8 Å². The number of pyridine rings is 1. The van der Waals surface area contributed by atoms with Gasteiger partial charge in [-0.3, -0.25) is 4.98 Å². The van der Waals surface area contributed by atoms with Gasteiger partial charge in [0.25, 0.3) is 0 Å². The Morgan fingerprint density at radius 2 is 1.86 bits per heavy atom. The molecule has 1 heterocycles. The summed E-state index contributed by atoms with van der Waals surface area (Å²) in [6.07, 6.45) is 5.15. The zero-order chi connectivity index (χ0) is 15.2. The third-order valence-corrected chi connectivity index (χ3v) is 4.36. The molecule has 2 nitrogen and oxygen atoms in total. The highest BCUT2D eigenvalue weighted by Gasteiger charge is 2.12. The molecule has 0 aliphatic heterocycles. The number of benzene rings is 1. The fourth-order valence-corrected chi connectivity index (χ4v) is 2.81. The number of aromatic nitrogens is 1. The van der Waals surface area contributed by atoms with Gasteiger partial charge < -0.3 is 5.32 Å². The van der Waals surface area contributed by atoms with Crippen molar-refractivity contribution in [3.63, 3.8) is 0 Å². The number of nitrogens with zero attached hydrogens (tertiary/aromatic N) is 1. The molecule has 21 heavy (non-hydrogen) atoms. The van der Waals surface area contributed by atoms with Crippen molar-refractivity contribution in [2.75, 3.05) is 6.54 Å². The topological polar surface area (TPSA) is 24.9 Å². The van der Waals surface area contributed by atoms with Gasteiger partial charge in [0, 0.05) is 18.4 Å². The average Bonchev–Trinajstić information content (AvgIpc) is 2.46. The van der Waals surface area contributed by atoms with E-state index >= 15 is 0 Å². The van der Waals surface area contributed by atoms with Crippen molar-refractivity contribution in [2.24, 2.45) is 0 Å². The van der Waals surface area contributed by atoms with Gasteiger partial charge in [-0.15, -0.1) is 0 Å². The Hall–Kier alpha value is -0.800. The van der Waals surface area contributed by atoms with Crippen LogP contribution in [0.3, 0.4) is 0 Å². The van der Waals surface area contributed by atoms with Gasteiger partial charge in [-0.1, -0.05) is 47.8 Å². The molecular formula is C16H17Cl3N2. The van der Waals surface area contributed by atoms with E-state index in [0.717, 1.165) is 30.5 Å². The van der Waals surface area contributed by atoms with Crippen molar-refractivity contribution < 1.29 is 0 Å². The minimum Gasteiger partial charge on any atom is -0.314 e. The number of likely N-dealkylation sites (N-methyl/N-ethyl adjacent to an activating group) is 1. The molecule has 0 fully saturated rings. The van der Waals surface area contributed by atoms with Gasteiger partial charge >= 0.3 is 0 Å². The first-order valence-electron chi connectivity index (χ1n) is 6.86. The molecule has 5 heteroatoms. The maximum Gasteiger partial charge on any atom is 0.0621 e. The smallest absolute Gasteiger partial charge is 0.0621 e. The molecule has 0 radical (unpaired) electrons. The van der Waals surface area contributed by atoms with Crippen LogP contribution in [0.2, 0.25) is 15.1 Å². The molecular weight excluding hydrogens is 327 g/mol. The minimum absolute atomic E-state index is 0.284. The van der Waals surface area contributed by atoms with Crippen LogP contribution in [0.25, 0.3) is 0 Å². The predicted molar refractivity (Wildman–Crippen MR) is 90.6 cm³/mol. The molecule has 1 N–H and O–H groups in total. The van der Waals surface area contributed by atoms with Crippen molar-refractivity contribution in [1.29, 1.82) is 0 Å². The monoisotopic (exact) mass is 342 g/mol. The van der Waals surface area contributed by atoms with Crippen LogP contribution in [-0.4, -0.2) is 17.6 Å². The maximum absolute atomic E-state index is 6.19. The fourth-order valence-electron chi connectivity index (χ4n) is 2.29. The van der Waals surface area contributed by atoms with E-state index in [1.807, 2.05) is 24.3 Å². The largest absolute Gasteiger partial charge is 0.314 e. The van der Waals surface area contributed by atoms with E-state index in [1.54, 1.807) is 12.4 Å². The number of halogens is 3. The zero-order valence-corrected chi connectivity index (χ0v) is 14.0. The van der Waals surface area contributed by atoms with Gasteiger partial charge in [0.2, 0.25) is 0 Å². The van der Waals surface area contributed by atoms with Crippen LogP contribution in [0, 0.1) is 0 Å². The second-order valence-corrected chi connectivity index (χ2v) is 6.10. The van der Waals surface area contributed by atoms with Gasteiger partial charge in [-0.05, 0) is 48.7 Å². The highest BCUT2D eigenvalue weighted by atomic mass is 35.5. The lowest BCUT2D eigenvalue weighted by Crippen LogP contribution is -2.33. The number of rotatable bonds is 6. The summed E-state index contributed by atoms with van der Waals surface area (Å²) in [4.78, 5) is 4.02. The lowest BCUT2D eigenvalue weighted by molar-refractivity contribution is 0.521. The Labute approximate surface area is 140 Å². The normalized spacial score (nSPS) is 12.4. The second-order valence-electron chi connectivity index (χ2n) is 4.88. The van der Waals surface area contributed by atoms with E-state index in [0.29, 0.717) is 15.1 Å².